The van der Waals surface area contributed by atoms with Gasteiger partial charge in [0.05, 0.1) is 11.8 Å². The third-order valence-electron chi connectivity index (χ3n) is 2.12. The molecule has 1 N–H and O–H groups in total. The third-order valence-corrected chi connectivity index (χ3v) is 3.01. The number of rotatable bonds is 2. The van der Waals surface area contributed by atoms with Crippen molar-refractivity contribution in [2.75, 3.05) is 5.32 Å². The van der Waals surface area contributed by atoms with E-state index in [1.807, 2.05) is 0 Å². The van der Waals surface area contributed by atoms with Gasteiger partial charge in [-0.15, -0.1) is 5.10 Å². The van der Waals surface area contributed by atoms with E-state index in [2.05, 4.69) is 15.6 Å². The Hall–Kier alpha value is -1.58. The number of aromatic nitrogens is 3. The Morgan fingerprint density at radius 3 is 2.78 bits per heavy atom. The maximum absolute atomic E-state index is 13.5. The van der Waals surface area contributed by atoms with Crippen molar-refractivity contribution < 1.29 is 13.6 Å². The first kappa shape index (κ1) is 12.9. The zero-order valence-electron chi connectivity index (χ0n) is 9.12. The van der Waals surface area contributed by atoms with Crippen molar-refractivity contribution in [2.24, 2.45) is 7.05 Å². The first-order chi connectivity index (χ1) is 8.49. The Kier molecular flexibility index (Phi) is 3.55. The zero-order chi connectivity index (χ0) is 13.3. The summed E-state index contributed by atoms with van der Waals surface area (Å²) in [5.74, 6) is -2.85. The minimum Gasteiger partial charge on any atom is -0.304 e. The highest BCUT2D eigenvalue weighted by atomic mass is 127. The van der Waals surface area contributed by atoms with Crippen LogP contribution in [-0.4, -0.2) is 20.9 Å². The second-order valence-corrected chi connectivity index (χ2v) is 4.61. The molecule has 0 aliphatic carbocycles. The summed E-state index contributed by atoms with van der Waals surface area (Å²) < 4.78 is 28.3. The van der Waals surface area contributed by atoms with E-state index in [0.717, 1.165) is 6.07 Å². The quantitative estimate of drug-likeness (QED) is 0.655. The molecule has 1 amide bonds. The van der Waals surface area contributed by atoms with E-state index in [0.29, 0.717) is 3.57 Å². The normalized spacial score (nSPS) is 10.4. The summed E-state index contributed by atoms with van der Waals surface area (Å²) in [6.07, 6.45) is 1.45. The second-order valence-electron chi connectivity index (χ2n) is 3.45. The molecule has 0 spiro atoms. The molecular formula is C10H7F2IN4O. The van der Waals surface area contributed by atoms with E-state index in [4.69, 9.17) is 0 Å². The van der Waals surface area contributed by atoms with E-state index in [1.165, 1.54) is 16.9 Å². The average molecular weight is 364 g/mol. The van der Waals surface area contributed by atoms with Crippen LogP contribution < -0.4 is 5.32 Å². The molecule has 0 aliphatic rings. The third kappa shape index (κ3) is 2.47. The van der Waals surface area contributed by atoms with Gasteiger partial charge in [0.15, 0.2) is 17.5 Å². The smallest absolute Gasteiger partial charge is 0.261 e. The summed E-state index contributed by atoms with van der Waals surface area (Å²) in [5.41, 5.74) is -0.346. The van der Waals surface area contributed by atoms with Gasteiger partial charge in [-0.2, -0.15) is 0 Å². The molecule has 0 unspecified atom stereocenters. The fourth-order valence-electron chi connectivity index (χ4n) is 1.32. The molecule has 1 aromatic carbocycles. The van der Waals surface area contributed by atoms with Crippen LogP contribution in [-0.2, 0) is 7.05 Å². The average Bonchev–Trinajstić information content (AvgIpc) is 2.70. The SMILES string of the molecule is Cn1cc(NC(=O)c2c(I)ccc(F)c2F)nn1. The van der Waals surface area contributed by atoms with E-state index in [-0.39, 0.29) is 11.4 Å². The second kappa shape index (κ2) is 4.96. The Morgan fingerprint density at radius 2 is 2.17 bits per heavy atom. The number of carbonyl (C=O) groups is 1. The van der Waals surface area contributed by atoms with Crippen molar-refractivity contribution in [1.82, 2.24) is 15.0 Å². The highest BCUT2D eigenvalue weighted by Crippen LogP contribution is 2.19. The lowest BCUT2D eigenvalue weighted by molar-refractivity contribution is 0.102. The van der Waals surface area contributed by atoms with Crippen LogP contribution in [0.3, 0.4) is 0 Å². The van der Waals surface area contributed by atoms with Crippen LogP contribution >= 0.6 is 22.6 Å². The minimum atomic E-state index is -1.18. The number of hydrogen-bond donors (Lipinski definition) is 1. The molecular weight excluding hydrogens is 357 g/mol. The van der Waals surface area contributed by atoms with Gasteiger partial charge < -0.3 is 5.32 Å². The van der Waals surface area contributed by atoms with Crippen LogP contribution in [0.5, 0.6) is 0 Å². The molecule has 5 nitrogen and oxygen atoms in total. The minimum absolute atomic E-state index is 0.168. The van der Waals surface area contributed by atoms with Gasteiger partial charge in [0.25, 0.3) is 5.91 Å². The molecule has 94 valence electrons. The topological polar surface area (TPSA) is 59.8 Å². The predicted octanol–water partition coefficient (Wildman–Crippen LogP) is 1.95. The number of halogens is 3. The number of amides is 1. The molecule has 0 aliphatic heterocycles. The van der Waals surface area contributed by atoms with Gasteiger partial charge in [0.1, 0.15) is 0 Å². The van der Waals surface area contributed by atoms with Crippen LogP contribution in [0, 0.1) is 15.2 Å². The van der Waals surface area contributed by atoms with Crippen LogP contribution in [0.1, 0.15) is 10.4 Å². The van der Waals surface area contributed by atoms with Gasteiger partial charge in [0, 0.05) is 10.6 Å². The van der Waals surface area contributed by atoms with Gasteiger partial charge in [-0.25, -0.2) is 8.78 Å². The summed E-state index contributed by atoms with van der Waals surface area (Å²) in [5, 5.41) is 9.58. The largest absolute Gasteiger partial charge is 0.304 e. The van der Waals surface area contributed by atoms with Gasteiger partial charge in [-0.3, -0.25) is 9.48 Å². The molecule has 0 fully saturated rings. The first-order valence-corrected chi connectivity index (χ1v) is 5.88. The Bertz CT molecular complexity index is 614. The molecule has 2 rings (SSSR count). The Labute approximate surface area is 114 Å². The predicted molar refractivity (Wildman–Crippen MR) is 68.0 cm³/mol. The molecule has 0 saturated carbocycles. The zero-order valence-corrected chi connectivity index (χ0v) is 11.3. The van der Waals surface area contributed by atoms with E-state index >= 15 is 0 Å². The molecule has 2 aromatic rings. The fourth-order valence-corrected chi connectivity index (χ4v) is 1.98. The number of hydrogen-bond acceptors (Lipinski definition) is 3. The number of nitrogens with one attached hydrogen (secondary N) is 1. The summed E-state index contributed by atoms with van der Waals surface area (Å²) in [7, 11) is 1.62. The number of carbonyl (C=O) groups excluding carboxylic acids is 1. The van der Waals surface area contributed by atoms with Crippen molar-refractivity contribution in [3.63, 3.8) is 0 Å². The molecule has 1 aromatic heterocycles. The van der Waals surface area contributed by atoms with Gasteiger partial charge >= 0.3 is 0 Å². The maximum atomic E-state index is 13.5. The molecule has 0 bridgehead atoms. The molecule has 18 heavy (non-hydrogen) atoms. The van der Waals surface area contributed by atoms with Gasteiger partial charge in [0.2, 0.25) is 0 Å². The number of anilines is 1. The van der Waals surface area contributed by atoms with Crippen LogP contribution in [0.15, 0.2) is 18.3 Å². The summed E-state index contributed by atoms with van der Waals surface area (Å²) >= 11 is 1.76. The van der Waals surface area contributed by atoms with E-state index in [9.17, 15) is 13.6 Å². The fraction of sp³-hybridized carbons (Fsp3) is 0.100. The van der Waals surface area contributed by atoms with Crippen molar-refractivity contribution in [3.05, 3.63) is 39.1 Å². The highest BCUT2D eigenvalue weighted by molar-refractivity contribution is 14.1. The summed E-state index contributed by atoms with van der Waals surface area (Å²) in [6.45, 7) is 0. The molecule has 0 atom stereocenters. The van der Waals surface area contributed by atoms with Crippen molar-refractivity contribution >= 4 is 34.3 Å². The first-order valence-electron chi connectivity index (χ1n) is 4.80. The molecule has 8 heteroatoms. The molecule has 0 saturated heterocycles. The van der Waals surface area contributed by atoms with Crippen molar-refractivity contribution in [3.8, 4) is 0 Å². The van der Waals surface area contributed by atoms with Gasteiger partial charge in [-0.1, -0.05) is 5.21 Å². The van der Waals surface area contributed by atoms with Crippen molar-refractivity contribution in [2.45, 2.75) is 0 Å². The summed E-state index contributed by atoms with van der Waals surface area (Å²) in [6, 6.07) is 2.29. The standard InChI is InChI=1S/C10H7F2IN4O/c1-17-4-7(15-16-17)14-10(18)8-6(13)3-2-5(11)9(8)12/h2-4H,1H3,(H,14,18). The molecule has 0 radical (unpaired) electrons. The number of benzene rings is 1. The monoisotopic (exact) mass is 364 g/mol. The molecule has 1 heterocycles. The highest BCUT2D eigenvalue weighted by Gasteiger charge is 2.20. The van der Waals surface area contributed by atoms with E-state index in [1.54, 1.807) is 29.6 Å². The summed E-state index contributed by atoms with van der Waals surface area (Å²) in [4.78, 5) is 11.8. The Balaban J connectivity index is 2.32. The Morgan fingerprint density at radius 1 is 1.44 bits per heavy atom. The van der Waals surface area contributed by atoms with Crippen molar-refractivity contribution in [1.29, 1.82) is 0 Å². The lowest BCUT2D eigenvalue weighted by Gasteiger charge is -2.06. The van der Waals surface area contributed by atoms with Crippen LogP contribution in [0.2, 0.25) is 0 Å². The van der Waals surface area contributed by atoms with Crippen LogP contribution in [0.25, 0.3) is 0 Å². The number of nitrogens with zero attached hydrogens (tertiary/aromatic N) is 3. The lowest BCUT2D eigenvalue weighted by Crippen LogP contribution is -2.16. The number of aryl methyl sites for hydroxylation is 1. The lowest BCUT2D eigenvalue weighted by atomic mass is 10.2. The van der Waals surface area contributed by atoms with Gasteiger partial charge in [-0.05, 0) is 34.7 Å². The maximum Gasteiger partial charge on any atom is 0.261 e. The van der Waals surface area contributed by atoms with E-state index < -0.39 is 17.5 Å². The van der Waals surface area contributed by atoms with Crippen LogP contribution in [0.4, 0.5) is 14.6 Å².